The van der Waals surface area contributed by atoms with Crippen LogP contribution >= 0.6 is 11.3 Å². The van der Waals surface area contributed by atoms with E-state index in [-0.39, 0.29) is 18.4 Å². The molecular formula is C25H27N3O4S. The number of aromatic nitrogens is 1. The summed E-state index contributed by atoms with van der Waals surface area (Å²) in [5.41, 5.74) is 4.14. The van der Waals surface area contributed by atoms with Crippen molar-refractivity contribution in [3.63, 3.8) is 0 Å². The van der Waals surface area contributed by atoms with Crippen molar-refractivity contribution in [2.75, 3.05) is 30.5 Å². The Bertz CT molecular complexity index is 1140. The lowest BCUT2D eigenvalue weighted by molar-refractivity contribution is -0.125. The van der Waals surface area contributed by atoms with Gasteiger partial charge in [-0.15, -0.1) is 11.3 Å². The number of nitrogens with one attached hydrogen (secondary N) is 1. The molecule has 0 bridgehead atoms. The molecule has 1 N–H and O–H groups in total. The van der Waals surface area contributed by atoms with Gasteiger partial charge in [-0.25, -0.2) is 4.98 Å². The first-order valence-corrected chi connectivity index (χ1v) is 11.8. The number of rotatable bonds is 8. The predicted octanol–water partition coefficient (Wildman–Crippen LogP) is 4.31. The highest BCUT2D eigenvalue weighted by Gasteiger charge is 2.33. The molecule has 0 spiro atoms. The second kappa shape index (κ2) is 10.1. The second-order valence-electron chi connectivity index (χ2n) is 7.82. The van der Waals surface area contributed by atoms with Gasteiger partial charge in [0.15, 0.2) is 6.61 Å². The topological polar surface area (TPSA) is 80.8 Å². The molecule has 0 saturated carbocycles. The summed E-state index contributed by atoms with van der Waals surface area (Å²) < 4.78 is 10.8. The second-order valence-corrected chi connectivity index (χ2v) is 8.76. The summed E-state index contributed by atoms with van der Waals surface area (Å²) in [6, 6.07) is 12.6. The van der Waals surface area contributed by atoms with E-state index in [9.17, 15) is 9.59 Å². The molecule has 3 aromatic rings. The van der Waals surface area contributed by atoms with Crippen LogP contribution in [0.25, 0.3) is 11.3 Å². The molecule has 2 aromatic carbocycles. The number of nitrogens with zero attached hydrogens (tertiary/aromatic N) is 2. The van der Waals surface area contributed by atoms with Gasteiger partial charge in [0, 0.05) is 30.2 Å². The van der Waals surface area contributed by atoms with Gasteiger partial charge in [-0.3, -0.25) is 14.5 Å². The van der Waals surface area contributed by atoms with Crippen molar-refractivity contribution >= 4 is 34.5 Å². The van der Waals surface area contributed by atoms with Gasteiger partial charge in [0.2, 0.25) is 5.91 Å². The molecule has 2 amide bonds. The molecule has 1 atom stereocenters. The number of thiazole rings is 1. The summed E-state index contributed by atoms with van der Waals surface area (Å²) >= 11 is 1.57. The van der Waals surface area contributed by atoms with Crippen molar-refractivity contribution in [3.05, 3.63) is 58.4 Å². The monoisotopic (exact) mass is 465 g/mol. The first-order valence-electron chi connectivity index (χ1n) is 10.9. The lowest BCUT2D eigenvalue weighted by atomic mass is 10.1. The zero-order chi connectivity index (χ0) is 23.4. The van der Waals surface area contributed by atoms with E-state index in [0.29, 0.717) is 23.7 Å². The van der Waals surface area contributed by atoms with Crippen LogP contribution in [0.4, 0.5) is 11.4 Å². The van der Waals surface area contributed by atoms with Crippen LogP contribution in [0.5, 0.6) is 5.75 Å². The van der Waals surface area contributed by atoms with Crippen LogP contribution in [-0.4, -0.2) is 43.2 Å². The number of methoxy groups -OCH3 is 1. The highest BCUT2D eigenvalue weighted by molar-refractivity contribution is 7.09. The first kappa shape index (κ1) is 22.9. The Morgan fingerprint density at radius 3 is 2.79 bits per heavy atom. The Morgan fingerprint density at radius 1 is 1.27 bits per heavy atom. The van der Waals surface area contributed by atoms with Gasteiger partial charge in [-0.2, -0.15) is 0 Å². The summed E-state index contributed by atoms with van der Waals surface area (Å²) in [6.45, 7) is 4.31. The molecule has 2 heterocycles. The molecule has 1 aliphatic rings. The number of ether oxygens (including phenoxy) is 2. The van der Waals surface area contributed by atoms with Crippen molar-refractivity contribution in [2.45, 2.75) is 32.7 Å². The van der Waals surface area contributed by atoms with Gasteiger partial charge < -0.3 is 14.8 Å². The Morgan fingerprint density at radius 2 is 2.06 bits per heavy atom. The van der Waals surface area contributed by atoms with Crippen LogP contribution < -0.4 is 15.0 Å². The van der Waals surface area contributed by atoms with E-state index in [1.54, 1.807) is 25.4 Å². The molecule has 7 nitrogen and oxygen atoms in total. The van der Waals surface area contributed by atoms with Crippen LogP contribution in [0.3, 0.4) is 0 Å². The summed E-state index contributed by atoms with van der Waals surface area (Å²) in [5, 5.41) is 5.88. The summed E-state index contributed by atoms with van der Waals surface area (Å²) in [5.74, 6) is 0.0455. The van der Waals surface area contributed by atoms with Gasteiger partial charge >= 0.3 is 0 Å². The maximum absolute atomic E-state index is 13.0. The highest BCUT2D eigenvalue weighted by Crippen LogP contribution is 2.37. The molecule has 172 valence electrons. The van der Waals surface area contributed by atoms with Crippen LogP contribution in [0.15, 0.2) is 47.8 Å². The fourth-order valence-corrected chi connectivity index (χ4v) is 4.48. The molecular weight excluding hydrogens is 438 g/mol. The highest BCUT2D eigenvalue weighted by atomic mass is 32.1. The Kier molecular flexibility index (Phi) is 7.05. The molecule has 0 fully saturated rings. The number of anilines is 2. The predicted molar refractivity (Wildman–Crippen MR) is 130 cm³/mol. The lowest BCUT2D eigenvalue weighted by Gasteiger charge is -2.33. The fraction of sp³-hybridized carbons (Fsp3) is 0.320. The molecule has 33 heavy (non-hydrogen) atoms. The third-order valence-corrected chi connectivity index (χ3v) is 6.51. The smallest absolute Gasteiger partial charge is 0.265 e. The number of carbonyl (C=O) groups excluding carboxylic acids is 2. The minimum Gasteiger partial charge on any atom is -0.482 e. The molecule has 1 aliphatic heterocycles. The molecule has 0 aliphatic carbocycles. The van der Waals surface area contributed by atoms with E-state index in [1.165, 1.54) is 10.5 Å². The molecule has 8 heteroatoms. The van der Waals surface area contributed by atoms with E-state index in [2.05, 4.69) is 17.2 Å². The Balaban J connectivity index is 1.57. The Hall–Kier alpha value is -3.23. The third-order valence-electron chi connectivity index (χ3n) is 5.60. The minimum absolute atomic E-state index is 0.104. The number of carbonyl (C=O) groups is 2. The van der Waals surface area contributed by atoms with E-state index in [1.807, 2.05) is 47.8 Å². The zero-order valence-electron chi connectivity index (χ0n) is 19.0. The Labute approximate surface area is 197 Å². The summed E-state index contributed by atoms with van der Waals surface area (Å²) in [7, 11) is 1.67. The van der Waals surface area contributed by atoms with Crippen molar-refractivity contribution in [1.82, 2.24) is 4.98 Å². The van der Waals surface area contributed by atoms with Crippen LogP contribution in [0, 0.1) is 0 Å². The van der Waals surface area contributed by atoms with Crippen molar-refractivity contribution in [3.8, 4) is 17.0 Å². The fourth-order valence-electron chi connectivity index (χ4n) is 3.69. The van der Waals surface area contributed by atoms with Crippen molar-refractivity contribution < 1.29 is 19.1 Å². The van der Waals surface area contributed by atoms with E-state index >= 15 is 0 Å². The van der Waals surface area contributed by atoms with Gasteiger partial charge in [-0.1, -0.05) is 19.1 Å². The maximum atomic E-state index is 13.0. The molecule has 0 radical (unpaired) electrons. The molecule has 1 aromatic heterocycles. The third kappa shape index (κ3) is 5.07. The SMILES string of the molecule is CCc1ccc(NC(=O)C(C)N2C(=O)COc3ccc(-c4csc(CCOC)n4)cc32)cc1. The number of fused-ring (bicyclic) bond motifs is 1. The summed E-state index contributed by atoms with van der Waals surface area (Å²) in [6.07, 6.45) is 1.68. The van der Waals surface area contributed by atoms with Crippen LogP contribution in [-0.2, 0) is 27.2 Å². The van der Waals surface area contributed by atoms with Crippen LogP contribution in [0.2, 0.25) is 0 Å². The maximum Gasteiger partial charge on any atom is 0.265 e. The van der Waals surface area contributed by atoms with Crippen LogP contribution in [0.1, 0.15) is 24.4 Å². The van der Waals surface area contributed by atoms with E-state index in [0.717, 1.165) is 29.1 Å². The molecule has 0 saturated heterocycles. The average Bonchev–Trinajstić information content (AvgIpc) is 3.31. The van der Waals surface area contributed by atoms with E-state index in [4.69, 9.17) is 9.47 Å². The largest absolute Gasteiger partial charge is 0.482 e. The van der Waals surface area contributed by atoms with Gasteiger partial charge in [0.1, 0.15) is 11.8 Å². The number of hydrogen-bond acceptors (Lipinski definition) is 6. The minimum atomic E-state index is -0.714. The normalized spacial score (nSPS) is 13.9. The number of benzene rings is 2. The number of amides is 2. The molecule has 1 unspecified atom stereocenters. The van der Waals surface area contributed by atoms with Crippen molar-refractivity contribution in [2.24, 2.45) is 0 Å². The van der Waals surface area contributed by atoms with Gasteiger partial charge in [0.25, 0.3) is 5.91 Å². The van der Waals surface area contributed by atoms with Gasteiger partial charge in [-0.05, 0) is 49.2 Å². The number of hydrogen-bond donors (Lipinski definition) is 1. The van der Waals surface area contributed by atoms with Gasteiger partial charge in [0.05, 0.1) is 23.0 Å². The van der Waals surface area contributed by atoms with Crippen molar-refractivity contribution in [1.29, 1.82) is 0 Å². The van der Waals surface area contributed by atoms with E-state index < -0.39 is 6.04 Å². The number of aryl methyl sites for hydroxylation is 1. The first-order chi connectivity index (χ1) is 16.0. The summed E-state index contributed by atoms with van der Waals surface area (Å²) in [4.78, 5) is 32.0. The standard InChI is InChI=1S/C25H27N3O4S/c1-4-17-5-8-19(9-6-17)26-25(30)16(2)28-21-13-18(7-10-22(21)32-14-24(28)29)20-15-33-23(27-20)11-12-31-3/h5-10,13,15-16H,4,11-12,14H2,1-3H3,(H,26,30). The zero-order valence-corrected chi connectivity index (χ0v) is 19.8. The molecule has 4 rings (SSSR count). The lowest BCUT2D eigenvalue weighted by Crippen LogP contribution is -2.49. The quantitative estimate of drug-likeness (QED) is 0.536. The average molecular weight is 466 g/mol.